The summed E-state index contributed by atoms with van der Waals surface area (Å²) in [5.41, 5.74) is 21.2. The van der Waals surface area contributed by atoms with Crippen LogP contribution in [0.4, 0.5) is 0 Å². The van der Waals surface area contributed by atoms with Crippen LogP contribution in [-0.2, 0) is 25.9 Å². The van der Waals surface area contributed by atoms with Gasteiger partial charge in [-0.3, -0.25) is 0 Å². The summed E-state index contributed by atoms with van der Waals surface area (Å²) < 4.78 is 2.41. The summed E-state index contributed by atoms with van der Waals surface area (Å²) in [5.74, 6) is 0. The molecule has 9 aromatic rings. The van der Waals surface area contributed by atoms with Crippen molar-refractivity contribution in [2.75, 3.05) is 0 Å². The van der Waals surface area contributed by atoms with Crippen LogP contribution in [-0.4, -0.2) is 19.5 Å². The van der Waals surface area contributed by atoms with E-state index in [1.54, 1.807) is 0 Å². The van der Waals surface area contributed by atoms with Crippen molar-refractivity contribution >= 4 is 46.4 Å². The average molecular weight is 846 g/mol. The SMILES string of the molecule is C1=Cc2cc3c(-c4ccccc4)c(-c4ccccc4)c(c(-c4ccccc4)c4nc(cc5ccc(cc1n2)[nH]5)C=C4)n3-c1ccccc1.[Zn].c1ccc2c(c1)Cc1ccccc1-2. The van der Waals surface area contributed by atoms with E-state index < -0.39 is 0 Å². The number of hydrogen-bond donors (Lipinski definition) is 1. The fraction of sp³-hybridized carbons (Fsp3) is 0.0175. The molecule has 0 fully saturated rings. The van der Waals surface area contributed by atoms with E-state index in [2.05, 4.69) is 234 Å². The van der Waals surface area contributed by atoms with Crippen molar-refractivity contribution in [3.8, 4) is 50.2 Å². The van der Waals surface area contributed by atoms with Gasteiger partial charge in [-0.1, -0.05) is 158 Å². The molecule has 0 saturated heterocycles. The molecule has 3 aliphatic rings. The number of benzene rings is 6. The molecule has 62 heavy (non-hydrogen) atoms. The van der Waals surface area contributed by atoms with Crippen LogP contribution in [0, 0.1) is 0 Å². The van der Waals surface area contributed by atoms with Gasteiger partial charge in [0.25, 0.3) is 0 Å². The molecular weight excluding hydrogens is 806 g/mol. The third kappa shape index (κ3) is 7.38. The molecule has 1 N–H and O–H groups in total. The van der Waals surface area contributed by atoms with Gasteiger partial charge in [0.05, 0.1) is 33.8 Å². The number of H-pyrrole nitrogens is 1. The molecule has 2 aliphatic heterocycles. The van der Waals surface area contributed by atoms with Crippen LogP contribution >= 0.6 is 0 Å². The van der Waals surface area contributed by atoms with Gasteiger partial charge < -0.3 is 9.55 Å². The summed E-state index contributed by atoms with van der Waals surface area (Å²) in [6.07, 6.45) is 9.54. The molecule has 12 rings (SSSR count). The molecule has 1 aliphatic carbocycles. The summed E-state index contributed by atoms with van der Waals surface area (Å²) >= 11 is 0. The van der Waals surface area contributed by atoms with Crippen LogP contribution in [0.2, 0.25) is 0 Å². The zero-order valence-electron chi connectivity index (χ0n) is 34.1. The Labute approximate surface area is 374 Å². The Balaban J connectivity index is 0.000000278. The topological polar surface area (TPSA) is 46.5 Å². The number of para-hydroxylation sites is 1. The first kappa shape index (κ1) is 38.7. The van der Waals surface area contributed by atoms with Crippen molar-refractivity contribution in [1.82, 2.24) is 19.5 Å². The molecule has 8 bridgehead atoms. The number of fused-ring (bicyclic) bond motifs is 11. The molecular formula is C57H40N4Zn. The Morgan fingerprint density at radius 3 is 1.44 bits per heavy atom. The minimum atomic E-state index is 0. The van der Waals surface area contributed by atoms with E-state index in [-0.39, 0.29) is 19.5 Å². The molecule has 0 spiro atoms. The van der Waals surface area contributed by atoms with Crippen LogP contribution in [0.5, 0.6) is 0 Å². The van der Waals surface area contributed by atoms with Gasteiger partial charge in [-0.15, -0.1) is 0 Å². The molecule has 0 amide bonds. The predicted octanol–water partition coefficient (Wildman–Crippen LogP) is 14.4. The van der Waals surface area contributed by atoms with E-state index in [4.69, 9.17) is 9.97 Å². The van der Waals surface area contributed by atoms with Crippen molar-refractivity contribution in [2.45, 2.75) is 6.42 Å². The summed E-state index contributed by atoms with van der Waals surface area (Å²) in [6, 6.07) is 70.6. The standard InChI is InChI=1S/C44H30N4.C13H10.Zn/c1-5-13-30(14-6-1)41-39-26-25-36(47-39)28-35-22-21-33(45-35)27-34-23-24-37(46-34)29-40-42(31-15-7-2-8-16-31)43(32-17-9-3-10-18-32)44(41)48(40)38-19-11-4-12-20-38;1-3-7-12-10(5-1)9-11-6-2-4-8-13(11)12;/h1-29,45H;1-8H,9H2;. The Kier molecular flexibility index (Phi) is 10.6. The molecule has 290 valence electrons. The van der Waals surface area contributed by atoms with Gasteiger partial charge in [-0.05, 0) is 112 Å². The Morgan fingerprint density at radius 2 is 0.855 bits per heavy atom. The second-order valence-electron chi connectivity index (χ2n) is 15.5. The summed E-state index contributed by atoms with van der Waals surface area (Å²) in [4.78, 5) is 13.9. The number of nitrogens with one attached hydrogen (secondary N) is 1. The quantitative estimate of drug-likeness (QED) is 0.179. The van der Waals surface area contributed by atoms with E-state index in [1.165, 1.54) is 22.3 Å². The second kappa shape index (κ2) is 16.9. The van der Waals surface area contributed by atoms with Gasteiger partial charge in [0.15, 0.2) is 0 Å². The van der Waals surface area contributed by atoms with E-state index in [1.807, 2.05) is 0 Å². The predicted molar refractivity (Wildman–Crippen MR) is 255 cm³/mol. The second-order valence-corrected chi connectivity index (χ2v) is 15.5. The van der Waals surface area contributed by atoms with E-state index in [0.717, 1.165) is 90.3 Å². The van der Waals surface area contributed by atoms with Crippen LogP contribution in [0.1, 0.15) is 33.9 Å². The fourth-order valence-corrected chi connectivity index (χ4v) is 8.89. The molecule has 0 atom stereocenters. The van der Waals surface area contributed by atoms with Crippen LogP contribution in [0.15, 0.2) is 200 Å². The van der Waals surface area contributed by atoms with Crippen molar-refractivity contribution in [3.05, 3.63) is 234 Å². The first-order valence-corrected chi connectivity index (χ1v) is 20.8. The van der Waals surface area contributed by atoms with Gasteiger partial charge in [0.2, 0.25) is 0 Å². The minimum absolute atomic E-state index is 0. The Bertz CT molecular complexity index is 3270. The molecule has 0 radical (unpaired) electrons. The molecule has 4 nitrogen and oxygen atoms in total. The van der Waals surface area contributed by atoms with Crippen LogP contribution < -0.4 is 0 Å². The molecule has 0 unspecified atom stereocenters. The normalized spacial score (nSPS) is 11.9. The average Bonchev–Trinajstić information content (AvgIpc) is 4.17. The van der Waals surface area contributed by atoms with Crippen molar-refractivity contribution in [2.24, 2.45) is 0 Å². The van der Waals surface area contributed by atoms with Gasteiger partial charge in [0, 0.05) is 52.9 Å². The smallest absolute Gasteiger partial charge is 0.0737 e. The maximum absolute atomic E-state index is 5.29. The molecule has 3 aromatic heterocycles. The van der Waals surface area contributed by atoms with E-state index in [0.29, 0.717) is 0 Å². The minimum Gasteiger partial charge on any atom is -0.355 e. The Hall–Kier alpha value is -7.46. The summed E-state index contributed by atoms with van der Waals surface area (Å²) in [6.45, 7) is 0. The molecule has 5 heterocycles. The van der Waals surface area contributed by atoms with E-state index in [9.17, 15) is 0 Å². The summed E-state index contributed by atoms with van der Waals surface area (Å²) in [5, 5.41) is 0. The third-order valence-electron chi connectivity index (χ3n) is 11.6. The number of nitrogens with zero attached hydrogens (tertiary/aromatic N) is 3. The van der Waals surface area contributed by atoms with Crippen LogP contribution in [0.3, 0.4) is 0 Å². The molecule has 5 heteroatoms. The van der Waals surface area contributed by atoms with Crippen molar-refractivity contribution < 1.29 is 19.5 Å². The summed E-state index contributed by atoms with van der Waals surface area (Å²) in [7, 11) is 0. The number of hydrogen-bond acceptors (Lipinski definition) is 2. The number of rotatable bonds is 4. The van der Waals surface area contributed by atoms with Gasteiger partial charge in [-0.25, -0.2) is 9.97 Å². The maximum atomic E-state index is 5.29. The monoisotopic (exact) mass is 844 g/mol. The fourth-order valence-electron chi connectivity index (χ4n) is 8.89. The molecule has 0 saturated carbocycles. The maximum Gasteiger partial charge on any atom is 0.0737 e. The first-order valence-electron chi connectivity index (χ1n) is 20.8. The first-order chi connectivity index (χ1) is 30.2. The van der Waals surface area contributed by atoms with Gasteiger partial charge >= 0.3 is 0 Å². The molecule has 6 aromatic carbocycles. The number of aromatic nitrogens is 4. The largest absolute Gasteiger partial charge is 0.355 e. The van der Waals surface area contributed by atoms with Crippen molar-refractivity contribution in [1.29, 1.82) is 0 Å². The number of aromatic amines is 1. The van der Waals surface area contributed by atoms with Gasteiger partial charge in [0.1, 0.15) is 0 Å². The van der Waals surface area contributed by atoms with Crippen LogP contribution in [0.25, 0.3) is 96.6 Å². The zero-order valence-corrected chi connectivity index (χ0v) is 37.1. The van der Waals surface area contributed by atoms with Crippen molar-refractivity contribution in [3.63, 3.8) is 0 Å². The van der Waals surface area contributed by atoms with Gasteiger partial charge in [-0.2, -0.15) is 0 Å². The Morgan fingerprint density at radius 1 is 0.403 bits per heavy atom. The van der Waals surface area contributed by atoms with E-state index >= 15 is 0 Å². The zero-order chi connectivity index (χ0) is 40.5. The third-order valence-corrected chi connectivity index (χ3v) is 11.6.